The molecule has 0 radical (unpaired) electrons. The summed E-state index contributed by atoms with van der Waals surface area (Å²) in [5.74, 6) is 0.320. The summed E-state index contributed by atoms with van der Waals surface area (Å²) in [7, 11) is 0. The van der Waals surface area contributed by atoms with E-state index in [1.165, 1.54) is 12.1 Å². The van der Waals surface area contributed by atoms with Gasteiger partial charge in [-0.2, -0.15) is 0 Å². The Hall–Kier alpha value is -3.26. The number of non-ortho nitro benzene ring substituents is 1. The molecule has 1 aliphatic heterocycles. The SMILES string of the molecule is CC1(C)CC(=O)C2=C(C1)NC1=C(C(=O)CC(C)(C)C1)C2c1ccc(OCc2cccc([N+](=O)[O-])c2)c(Br)c1. The van der Waals surface area contributed by atoms with E-state index in [0.29, 0.717) is 39.8 Å². The molecule has 0 bridgehead atoms. The monoisotopic (exact) mass is 578 g/mol. The van der Waals surface area contributed by atoms with Crippen LogP contribution in [0.2, 0.25) is 0 Å². The van der Waals surface area contributed by atoms with Crippen molar-refractivity contribution in [1.29, 1.82) is 0 Å². The number of carbonyl (C=O) groups is 2. The van der Waals surface area contributed by atoms with Gasteiger partial charge in [-0.15, -0.1) is 0 Å². The normalized spacial score (nSPS) is 20.6. The number of halogens is 1. The second kappa shape index (κ2) is 9.49. The molecular formula is C30H31BrN2O5. The largest absolute Gasteiger partial charge is 0.488 e. The number of carbonyl (C=O) groups excluding carboxylic acids is 2. The molecule has 0 fully saturated rings. The molecule has 198 valence electrons. The minimum atomic E-state index is -0.430. The molecule has 2 aliphatic carbocycles. The van der Waals surface area contributed by atoms with Crippen LogP contribution in [-0.2, 0) is 16.2 Å². The van der Waals surface area contributed by atoms with Crippen LogP contribution in [0, 0.1) is 20.9 Å². The molecule has 38 heavy (non-hydrogen) atoms. The lowest BCUT2D eigenvalue weighted by Gasteiger charge is -2.44. The summed E-state index contributed by atoms with van der Waals surface area (Å²) >= 11 is 3.62. The fourth-order valence-electron chi connectivity index (χ4n) is 5.96. The minimum absolute atomic E-state index is 0.0141. The number of Topliss-reactive ketones (excluding diaryl/α,β-unsaturated/α-hetero) is 2. The second-order valence-corrected chi connectivity index (χ2v) is 13.0. The van der Waals surface area contributed by atoms with Gasteiger partial charge in [-0.05, 0) is 62.9 Å². The van der Waals surface area contributed by atoms with Gasteiger partial charge >= 0.3 is 0 Å². The highest BCUT2D eigenvalue weighted by atomic mass is 79.9. The highest BCUT2D eigenvalue weighted by molar-refractivity contribution is 9.10. The molecule has 5 rings (SSSR count). The molecule has 0 saturated heterocycles. The van der Waals surface area contributed by atoms with E-state index in [0.717, 1.165) is 29.8 Å². The first kappa shape index (κ1) is 26.4. The molecule has 1 N–H and O–H groups in total. The first-order chi connectivity index (χ1) is 17.8. The average Bonchev–Trinajstić information content (AvgIpc) is 2.80. The van der Waals surface area contributed by atoms with Gasteiger partial charge in [-0.3, -0.25) is 19.7 Å². The number of rotatable bonds is 5. The molecule has 2 aromatic carbocycles. The van der Waals surface area contributed by atoms with Crippen LogP contribution in [0.1, 0.15) is 70.4 Å². The molecule has 3 aliphatic rings. The lowest BCUT2D eigenvalue weighted by molar-refractivity contribution is -0.384. The summed E-state index contributed by atoms with van der Waals surface area (Å²) < 4.78 is 6.66. The van der Waals surface area contributed by atoms with Crippen LogP contribution in [0.15, 0.2) is 69.5 Å². The van der Waals surface area contributed by atoms with E-state index < -0.39 is 10.8 Å². The number of nitrogens with one attached hydrogen (secondary N) is 1. The number of hydrogen-bond donors (Lipinski definition) is 1. The molecule has 1 heterocycles. The Kier molecular flexibility index (Phi) is 6.58. The zero-order valence-corrected chi connectivity index (χ0v) is 23.6. The third-order valence-corrected chi connectivity index (χ3v) is 8.14. The smallest absolute Gasteiger partial charge is 0.269 e. The van der Waals surface area contributed by atoms with Crippen LogP contribution in [-0.4, -0.2) is 16.5 Å². The van der Waals surface area contributed by atoms with Crippen LogP contribution < -0.4 is 10.1 Å². The Morgan fingerprint density at radius 3 is 2.11 bits per heavy atom. The van der Waals surface area contributed by atoms with E-state index in [4.69, 9.17) is 4.74 Å². The first-order valence-electron chi connectivity index (χ1n) is 12.8. The number of nitro groups is 1. The molecule has 0 amide bonds. The van der Waals surface area contributed by atoms with Gasteiger partial charge in [0.15, 0.2) is 11.6 Å². The van der Waals surface area contributed by atoms with Gasteiger partial charge in [0.05, 0.1) is 9.40 Å². The van der Waals surface area contributed by atoms with Crippen LogP contribution in [0.5, 0.6) is 5.75 Å². The van der Waals surface area contributed by atoms with Crippen LogP contribution in [0.25, 0.3) is 0 Å². The summed E-state index contributed by atoms with van der Waals surface area (Å²) in [5.41, 5.74) is 4.54. The molecule has 0 aromatic heterocycles. The Morgan fingerprint density at radius 1 is 0.947 bits per heavy atom. The molecule has 2 aromatic rings. The van der Waals surface area contributed by atoms with E-state index in [9.17, 15) is 19.7 Å². The van der Waals surface area contributed by atoms with Crippen molar-refractivity contribution in [2.45, 2.75) is 65.9 Å². The lowest BCUT2D eigenvalue weighted by atomic mass is 9.64. The first-order valence-corrected chi connectivity index (χ1v) is 13.6. The zero-order chi connectivity index (χ0) is 27.4. The Labute approximate surface area is 230 Å². The Bertz CT molecular complexity index is 1380. The zero-order valence-electron chi connectivity index (χ0n) is 22.0. The summed E-state index contributed by atoms with van der Waals surface area (Å²) in [6, 6.07) is 12.0. The van der Waals surface area contributed by atoms with Gasteiger partial charge in [0.1, 0.15) is 12.4 Å². The number of ether oxygens (including phenoxy) is 1. The Morgan fingerprint density at radius 2 is 1.55 bits per heavy atom. The van der Waals surface area contributed by atoms with Crippen molar-refractivity contribution in [3.8, 4) is 5.75 Å². The predicted octanol–water partition coefficient (Wildman–Crippen LogP) is 6.91. The standard InChI is InChI=1S/C30H31BrN2O5/c1-29(2)12-21-27(23(34)14-29)26(28-22(32-21)13-30(3,4)15-24(28)35)18-8-9-25(20(31)11-18)38-16-17-6-5-7-19(10-17)33(36)37/h5-11,26,32H,12-16H2,1-4H3. The third kappa shape index (κ3) is 5.06. The second-order valence-electron chi connectivity index (χ2n) is 12.1. The van der Waals surface area contributed by atoms with Gasteiger partial charge in [0.2, 0.25) is 0 Å². The topological polar surface area (TPSA) is 98.5 Å². The number of nitrogens with zero attached hydrogens (tertiary/aromatic N) is 1. The van der Waals surface area contributed by atoms with E-state index in [1.807, 2.05) is 18.2 Å². The minimum Gasteiger partial charge on any atom is -0.488 e. The van der Waals surface area contributed by atoms with Gasteiger partial charge in [-0.1, -0.05) is 45.9 Å². The fourth-order valence-corrected chi connectivity index (χ4v) is 6.47. The maximum Gasteiger partial charge on any atom is 0.269 e. The van der Waals surface area contributed by atoms with Crippen molar-refractivity contribution in [3.63, 3.8) is 0 Å². The number of dihydropyridines is 1. The van der Waals surface area contributed by atoms with E-state index in [1.54, 1.807) is 12.1 Å². The molecule has 0 spiro atoms. The van der Waals surface area contributed by atoms with Gasteiger partial charge in [-0.25, -0.2) is 0 Å². The van der Waals surface area contributed by atoms with Crippen molar-refractivity contribution in [2.24, 2.45) is 10.8 Å². The average molecular weight is 579 g/mol. The van der Waals surface area contributed by atoms with E-state index >= 15 is 0 Å². The van der Waals surface area contributed by atoms with Crippen molar-refractivity contribution >= 4 is 33.2 Å². The lowest BCUT2D eigenvalue weighted by Crippen LogP contribution is -2.42. The molecule has 8 heteroatoms. The molecular weight excluding hydrogens is 548 g/mol. The van der Waals surface area contributed by atoms with Gasteiger partial charge in [0, 0.05) is 53.4 Å². The predicted molar refractivity (Wildman–Crippen MR) is 148 cm³/mol. The van der Waals surface area contributed by atoms with Gasteiger partial charge < -0.3 is 10.1 Å². The van der Waals surface area contributed by atoms with Crippen molar-refractivity contribution in [2.75, 3.05) is 0 Å². The number of allylic oxidation sites excluding steroid dienone is 4. The summed E-state index contributed by atoms with van der Waals surface area (Å²) in [6.45, 7) is 8.59. The van der Waals surface area contributed by atoms with Gasteiger partial charge in [0.25, 0.3) is 5.69 Å². The molecule has 0 atom stereocenters. The summed E-state index contributed by atoms with van der Waals surface area (Å²) in [6.07, 6.45) is 2.39. The summed E-state index contributed by atoms with van der Waals surface area (Å²) in [5, 5.41) is 14.6. The van der Waals surface area contributed by atoms with Crippen molar-refractivity contribution in [1.82, 2.24) is 5.32 Å². The van der Waals surface area contributed by atoms with Crippen LogP contribution in [0.4, 0.5) is 5.69 Å². The highest BCUT2D eigenvalue weighted by Gasteiger charge is 2.46. The van der Waals surface area contributed by atoms with Crippen LogP contribution in [0.3, 0.4) is 0 Å². The highest BCUT2D eigenvalue weighted by Crippen LogP contribution is 2.51. The summed E-state index contributed by atoms with van der Waals surface area (Å²) in [4.78, 5) is 37.7. The molecule has 0 saturated carbocycles. The van der Waals surface area contributed by atoms with Crippen molar-refractivity contribution in [3.05, 3.63) is 90.7 Å². The maximum absolute atomic E-state index is 13.5. The number of hydrogen-bond acceptors (Lipinski definition) is 6. The molecule has 0 unspecified atom stereocenters. The number of benzene rings is 2. The quantitative estimate of drug-likeness (QED) is 0.305. The molecule has 7 nitrogen and oxygen atoms in total. The van der Waals surface area contributed by atoms with Crippen LogP contribution >= 0.6 is 15.9 Å². The maximum atomic E-state index is 13.5. The van der Waals surface area contributed by atoms with E-state index in [2.05, 4.69) is 48.9 Å². The van der Waals surface area contributed by atoms with E-state index in [-0.39, 0.29) is 34.7 Å². The fraction of sp³-hybridized carbons (Fsp3) is 0.400. The number of nitro benzene ring substituents is 1. The third-order valence-electron chi connectivity index (χ3n) is 7.52. The Balaban J connectivity index is 1.50. The van der Waals surface area contributed by atoms with Crippen molar-refractivity contribution < 1.29 is 19.2 Å². The number of ketones is 2.